The molecule has 0 bridgehead atoms. The molecule has 0 saturated carbocycles. The predicted octanol–water partition coefficient (Wildman–Crippen LogP) is 6.36. The van der Waals surface area contributed by atoms with Gasteiger partial charge in [0.05, 0.1) is 0 Å². The number of hydrogen-bond acceptors (Lipinski definition) is 3. The number of aromatic nitrogens is 3. The lowest BCUT2D eigenvalue weighted by Gasteiger charge is -2.20. The van der Waals surface area contributed by atoms with Gasteiger partial charge >= 0.3 is 0 Å². The van der Waals surface area contributed by atoms with Crippen molar-refractivity contribution >= 4 is 54.4 Å². The first-order valence-corrected chi connectivity index (χ1v) is 9.82. The van der Waals surface area contributed by atoms with Gasteiger partial charge in [0.25, 0.3) is 0 Å². The fourth-order valence-electron chi connectivity index (χ4n) is 5.24. The molecule has 28 heavy (non-hydrogen) atoms. The normalized spacial score (nSPS) is 12.6. The zero-order valence-electron chi connectivity index (χ0n) is 17.1. The molecular formula is C25H21N3. The number of pyridine rings is 3. The highest BCUT2D eigenvalue weighted by Crippen LogP contribution is 2.44. The van der Waals surface area contributed by atoms with Crippen LogP contribution in [0, 0.1) is 41.5 Å². The Labute approximate surface area is 163 Å². The molecule has 0 aliphatic rings. The molecule has 0 aliphatic carbocycles. The van der Waals surface area contributed by atoms with Crippen molar-refractivity contribution < 1.29 is 0 Å². The van der Waals surface area contributed by atoms with Crippen molar-refractivity contribution in [2.75, 3.05) is 0 Å². The molecule has 0 unspecified atom stereocenters. The number of hydrogen-bond donors (Lipinski definition) is 0. The highest BCUT2D eigenvalue weighted by atomic mass is 14.9. The Hall–Kier alpha value is -3.07. The van der Waals surface area contributed by atoms with E-state index in [4.69, 9.17) is 15.0 Å². The van der Waals surface area contributed by atoms with Crippen molar-refractivity contribution in [2.45, 2.75) is 41.5 Å². The number of nitrogens with zero attached hydrogens (tertiary/aromatic N) is 3. The zero-order valence-corrected chi connectivity index (χ0v) is 17.1. The van der Waals surface area contributed by atoms with Crippen molar-refractivity contribution in [3.63, 3.8) is 0 Å². The highest BCUT2D eigenvalue weighted by Gasteiger charge is 2.22. The summed E-state index contributed by atoms with van der Waals surface area (Å²) >= 11 is 0. The lowest BCUT2D eigenvalue weighted by Crippen LogP contribution is -2.02. The van der Waals surface area contributed by atoms with Gasteiger partial charge in [0.1, 0.15) is 0 Å². The highest BCUT2D eigenvalue weighted by molar-refractivity contribution is 6.35. The van der Waals surface area contributed by atoms with Crippen LogP contribution in [0.5, 0.6) is 0 Å². The fraction of sp³-hybridized carbons (Fsp3) is 0.240. The molecular weight excluding hydrogens is 342 g/mol. The summed E-state index contributed by atoms with van der Waals surface area (Å²) in [5.41, 5.74) is 8.89. The van der Waals surface area contributed by atoms with Gasteiger partial charge in [-0.1, -0.05) is 12.1 Å². The van der Waals surface area contributed by atoms with Crippen LogP contribution in [0.1, 0.15) is 33.6 Å². The van der Waals surface area contributed by atoms with Crippen LogP contribution in [0.3, 0.4) is 0 Å². The zero-order chi connectivity index (χ0) is 19.5. The van der Waals surface area contributed by atoms with Crippen LogP contribution in [-0.4, -0.2) is 15.0 Å². The van der Waals surface area contributed by atoms with Gasteiger partial charge in [0, 0.05) is 38.3 Å². The number of rotatable bonds is 0. The minimum atomic E-state index is 0.817. The summed E-state index contributed by atoms with van der Waals surface area (Å²) in [6, 6.07) is 6.98. The van der Waals surface area contributed by atoms with Gasteiger partial charge in [-0.2, -0.15) is 0 Å². The first-order valence-electron chi connectivity index (χ1n) is 9.82. The largest absolute Gasteiger partial charge is 0.233 e. The first kappa shape index (κ1) is 15.9. The van der Waals surface area contributed by atoms with E-state index in [9.17, 15) is 0 Å². The van der Waals surface area contributed by atoms with Gasteiger partial charge in [0.2, 0.25) is 0 Å². The van der Waals surface area contributed by atoms with Crippen LogP contribution < -0.4 is 0 Å². The maximum atomic E-state index is 4.97. The lowest BCUT2D eigenvalue weighted by atomic mass is 9.87. The Morgan fingerprint density at radius 2 is 1.04 bits per heavy atom. The third-order valence-corrected chi connectivity index (χ3v) is 6.73. The van der Waals surface area contributed by atoms with E-state index >= 15 is 0 Å². The van der Waals surface area contributed by atoms with Crippen molar-refractivity contribution in [3.05, 3.63) is 51.8 Å². The van der Waals surface area contributed by atoms with Crippen LogP contribution in [0.25, 0.3) is 54.4 Å². The molecule has 0 N–H and O–H groups in total. The topological polar surface area (TPSA) is 38.7 Å². The van der Waals surface area contributed by atoms with Crippen molar-refractivity contribution in [1.29, 1.82) is 0 Å². The molecule has 6 aromatic rings. The Bertz CT molecular complexity index is 1490. The summed E-state index contributed by atoms with van der Waals surface area (Å²) < 4.78 is 0. The van der Waals surface area contributed by atoms with E-state index in [-0.39, 0.29) is 0 Å². The van der Waals surface area contributed by atoms with Gasteiger partial charge in [-0.25, -0.2) is 15.0 Å². The van der Waals surface area contributed by atoms with Gasteiger partial charge in [-0.3, -0.25) is 0 Å². The van der Waals surface area contributed by atoms with Crippen molar-refractivity contribution in [2.24, 2.45) is 0 Å². The van der Waals surface area contributed by atoms with E-state index in [1.54, 1.807) is 0 Å². The average Bonchev–Trinajstić information content (AvgIpc) is 2.63. The second-order valence-corrected chi connectivity index (χ2v) is 8.36. The van der Waals surface area contributed by atoms with Crippen LogP contribution in [0.15, 0.2) is 18.2 Å². The summed E-state index contributed by atoms with van der Waals surface area (Å²) in [5, 5.41) is 10.1. The number of aryl methyl sites for hydroxylation is 6. The summed E-state index contributed by atoms with van der Waals surface area (Å²) in [6.45, 7) is 13.0. The second-order valence-electron chi connectivity index (χ2n) is 8.36. The summed E-state index contributed by atoms with van der Waals surface area (Å²) in [4.78, 5) is 14.8. The molecule has 6 rings (SSSR count). The van der Waals surface area contributed by atoms with Gasteiger partial charge in [-0.15, -0.1) is 0 Å². The lowest BCUT2D eigenvalue weighted by molar-refractivity contribution is 1.17. The Balaban J connectivity index is 2.09. The van der Waals surface area contributed by atoms with E-state index < -0.39 is 0 Å². The van der Waals surface area contributed by atoms with Crippen LogP contribution >= 0.6 is 0 Å². The Kier molecular flexibility index (Phi) is 2.76. The molecule has 0 fully saturated rings. The minimum Gasteiger partial charge on any atom is -0.233 e. The van der Waals surface area contributed by atoms with E-state index in [0.717, 1.165) is 22.7 Å². The standard InChI is InChI=1S/C25H21N3/c1-10-7-16-9-17-8-11(2)18-13(4)14(5)26-24-22(18)21(17)23-20(16)19(12(10)3)15(6)27-25(23)28-24/h7-9H,1-6H3. The molecule has 136 valence electrons. The first-order chi connectivity index (χ1) is 13.4. The third kappa shape index (κ3) is 1.68. The molecule has 3 heterocycles. The quantitative estimate of drug-likeness (QED) is 0.233. The van der Waals surface area contributed by atoms with Crippen molar-refractivity contribution in [3.8, 4) is 0 Å². The van der Waals surface area contributed by atoms with E-state index in [1.165, 1.54) is 65.3 Å². The average molecular weight is 363 g/mol. The fourth-order valence-corrected chi connectivity index (χ4v) is 5.24. The van der Waals surface area contributed by atoms with Crippen molar-refractivity contribution in [1.82, 2.24) is 15.0 Å². The molecule has 0 saturated heterocycles. The second kappa shape index (κ2) is 4.85. The molecule has 0 aliphatic heterocycles. The van der Waals surface area contributed by atoms with Gasteiger partial charge < -0.3 is 0 Å². The van der Waals surface area contributed by atoms with Crippen LogP contribution in [0.4, 0.5) is 0 Å². The minimum absolute atomic E-state index is 0.817. The molecule has 0 radical (unpaired) electrons. The molecule has 3 aromatic carbocycles. The summed E-state index contributed by atoms with van der Waals surface area (Å²) in [5.74, 6) is 0. The monoisotopic (exact) mass is 363 g/mol. The maximum Gasteiger partial charge on any atom is 0.163 e. The maximum absolute atomic E-state index is 4.97. The molecule has 3 heteroatoms. The number of benzene rings is 3. The predicted molar refractivity (Wildman–Crippen MR) is 118 cm³/mol. The Morgan fingerprint density at radius 3 is 1.75 bits per heavy atom. The SMILES string of the molecule is Cc1cc2cc3cc(C)c4c(C)c(C)nc5nc6nc(C)c(c1C)c2c6c3c54. The molecule has 3 aromatic heterocycles. The molecule has 0 amide bonds. The molecule has 0 spiro atoms. The molecule has 0 atom stereocenters. The summed E-state index contributed by atoms with van der Waals surface area (Å²) in [7, 11) is 0. The van der Waals surface area contributed by atoms with Gasteiger partial charge in [-0.05, 0) is 86.0 Å². The molecule has 3 nitrogen and oxygen atoms in total. The van der Waals surface area contributed by atoms with Gasteiger partial charge in [0.15, 0.2) is 11.3 Å². The summed E-state index contributed by atoms with van der Waals surface area (Å²) in [6.07, 6.45) is 0. The smallest absolute Gasteiger partial charge is 0.163 e. The Morgan fingerprint density at radius 1 is 0.464 bits per heavy atom. The van der Waals surface area contributed by atoms with E-state index in [2.05, 4.69) is 59.7 Å². The van der Waals surface area contributed by atoms with E-state index in [0.29, 0.717) is 0 Å². The van der Waals surface area contributed by atoms with E-state index in [1.807, 2.05) is 0 Å². The van der Waals surface area contributed by atoms with Crippen LogP contribution in [0.2, 0.25) is 0 Å². The van der Waals surface area contributed by atoms with Crippen LogP contribution in [-0.2, 0) is 0 Å². The third-order valence-electron chi connectivity index (χ3n) is 6.73.